The van der Waals surface area contributed by atoms with E-state index in [0.29, 0.717) is 17.5 Å². The molecule has 0 aliphatic heterocycles. The van der Waals surface area contributed by atoms with E-state index >= 15 is 0 Å². The Morgan fingerprint density at radius 1 is 0.333 bits per heavy atom. The largest absolute Gasteiger partial charge is 0.208 e. The molecular formula is C45H35N3. The molecule has 0 bridgehead atoms. The molecule has 2 aliphatic carbocycles. The molecule has 1 aromatic heterocycles. The summed E-state index contributed by atoms with van der Waals surface area (Å²) in [4.78, 5) is 15.3. The number of hydrogen-bond acceptors (Lipinski definition) is 3. The summed E-state index contributed by atoms with van der Waals surface area (Å²) in [6.07, 6.45) is 6.37. The molecule has 3 nitrogen and oxygen atoms in total. The van der Waals surface area contributed by atoms with Gasteiger partial charge in [-0.05, 0) is 69.5 Å². The molecule has 1 heterocycles. The van der Waals surface area contributed by atoms with E-state index < -0.39 is 0 Å². The van der Waals surface area contributed by atoms with Crippen molar-refractivity contribution >= 4 is 0 Å². The summed E-state index contributed by atoms with van der Waals surface area (Å²) in [5.74, 6) is 2.00. The van der Waals surface area contributed by atoms with E-state index in [1.807, 2.05) is 24.3 Å². The van der Waals surface area contributed by atoms with Crippen LogP contribution in [0.1, 0.15) is 43.2 Å². The maximum atomic E-state index is 5.17. The Morgan fingerprint density at radius 3 is 1.67 bits per heavy atom. The van der Waals surface area contributed by atoms with Crippen LogP contribution in [0.4, 0.5) is 0 Å². The van der Waals surface area contributed by atoms with Crippen molar-refractivity contribution < 1.29 is 0 Å². The van der Waals surface area contributed by atoms with Gasteiger partial charge in [0.15, 0.2) is 17.5 Å². The molecule has 0 N–H and O–H groups in total. The van der Waals surface area contributed by atoms with Crippen LogP contribution in [0.3, 0.4) is 0 Å². The normalized spacial score (nSPS) is 14.4. The van der Waals surface area contributed by atoms with Crippen LogP contribution in [0.5, 0.6) is 0 Å². The van der Waals surface area contributed by atoms with Crippen molar-refractivity contribution in [1.82, 2.24) is 15.0 Å². The molecule has 48 heavy (non-hydrogen) atoms. The fourth-order valence-corrected chi connectivity index (χ4v) is 8.07. The van der Waals surface area contributed by atoms with Gasteiger partial charge in [0.1, 0.15) is 0 Å². The summed E-state index contributed by atoms with van der Waals surface area (Å²) in [5, 5.41) is 0. The zero-order chi connectivity index (χ0) is 31.9. The minimum absolute atomic E-state index is 0.143. The first-order chi connectivity index (χ1) is 23.8. The molecule has 0 saturated heterocycles. The molecule has 0 atom stereocenters. The highest BCUT2D eigenvalue weighted by Gasteiger charge is 2.43. The van der Waals surface area contributed by atoms with Crippen molar-refractivity contribution in [2.24, 2.45) is 0 Å². The SMILES string of the molecule is c1ccc(-c2cccc(-c3nc(-c4ccccc4)nc(-c4ccccc4-c4ccc5c(c4)-c4ccccc4C54CCCCC4)n3)c2)cc1. The Bertz CT molecular complexity index is 2270. The van der Waals surface area contributed by atoms with Gasteiger partial charge in [0.05, 0.1) is 0 Å². The second-order valence-electron chi connectivity index (χ2n) is 13.1. The van der Waals surface area contributed by atoms with Gasteiger partial charge in [-0.3, -0.25) is 0 Å². The lowest BCUT2D eigenvalue weighted by Gasteiger charge is -2.36. The van der Waals surface area contributed by atoms with Crippen LogP contribution in [-0.2, 0) is 5.41 Å². The summed E-state index contributed by atoms with van der Waals surface area (Å²) in [7, 11) is 0. The first kappa shape index (κ1) is 28.5. The van der Waals surface area contributed by atoms with Gasteiger partial charge < -0.3 is 0 Å². The number of fused-ring (bicyclic) bond motifs is 5. The van der Waals surface area contributed by atoms with Crippen LogP contribution < -0.4 is 0 Å². The van der Waals surface area contributed by atoms with Crippen LogP contribution in [-0.4, -0.2) is 15.0 Å². The highest BCUT2D eigenvalue weighted by Crippen LogP contribution is 2.56. The van der Waals surface area contributed by atoms with Crippen molar-refractivity contribution in [3.63, 3.8) is 0 Å². The quantitative estimate of drug-likeness (QED) is 0.193. The Balaban J connectivity index is 1.20. The maximum Gasteiger partial charge on any atom is 0.164 e. The Morgan fingerprint density at radius 2 is 0.896 bits per heavy atom. The van der Waals surface area contributed by atoms with E-state index in [1.54, 1.807) is 0 Å². The van der Waals surface area contributed by atoms with Gasteiger partial charge in [-0.25, -0.2) is 15.0 Å². The zero-order valence-electron chi connectivity index (χ0n) is 26.8. The molecule has 0 amide bonds. The molecule has 2 aliphatic rings. The van der Waals surface area contributed by atoms with Gasteiger partial charge in [-0.1, -0.05) is 159 Å². The molecule has 6 aromatic carbocycles. The summed E-state index contributed by atoms with van der Waals surface area (Å²) >= 11 is 0. The average molecular weight is 618 g/mol. The zero-order valence-corrected chi connectivity index (χ0v) is 26.8. The maximum absolute atomic E-state index is 5.17. The van der Waals surface area contributed by atoms with Gasteiger partial charge in [0.2, 0.25) is 0 Å². The number of benzene rings is 6. The van der Waals surface area contributed by atoms with Gasteiger partial charge in [0, 0.05) is 22.1 Å². The molecule has 1 saturated carbocycles. The van der Waals surface area contributed by atoms with E-state index in [1.165, 1.54) is 59.9 Å². The summed E-state index contributed by atoms with van der Waals surface area (Å²) in [6.45, 7) is 0. The van der Waals surface area contributed by atoms with Crippen LogP contribution in [0.15, 0.2) is 152 Å². The van der Waals surface area contributed by atoms with Gasteiger partial charge >= 0.3 is 0 Å². The summed E-state index contributed by atoms with van der Waals surface area (Å²) in [6, 6.07) is 54.0. The molecule has 0 radical (unpaired) electrons. The van der Waals surface area contributed by atoms with Gasteiger partial charge in [-0.15, -0.1) is 0 Å². The highest BCUT2D eigenvalue weighted by atomic mass is 15.0. The van der Waals surface area contributed by atoms with Gasteiger partial charge in [0.25, 0.3) is 0 Å². The second kappa shape index (κ2) is 11.8. The number of hydrogen-bond donors (Lipinski definition) is 0. The van der Waals surface area contributed by atoms with Crippen LogP contribution >= 0.6 is 0 Å². The molecule has 1 spiro atoms. The molecule has 0 unspecified atom stereocenters. The van der Waals surface area contributed by atoms with Gasteiger partial charge in [-0.2, -0.15) is 0 Å². The fraction of sp³-hybridized carbons (Fsp3) is 0.133. The van der Waals surface area contributed by atoms with Crippen LogP contribution in [0, 0.1) is 0 Å². The Hall–Kier alpha value is -5.67. The monoisotopic (exact) mass is 617 g/mol. The fourth-order valence-electron chi connectivity index (χ4n) is 8.07. The first-order valence-corrected chi connectivity index (χ1v) is 17.1. The minimum Gasteiger partial charge on any atom is -0.208 e. The lowest BCUT2D eigenvalue weighted by Crippen LogP contribution is -2.27. The number of nitrogens with zero attached hydrogens (tertiary/aromatic N) is 3. The third-order valence-electron chi connectivity index (χ3n) is 10.3. The molecule has 7 aromatic rings. The first-order valence-electron chi connectivity index (χ1n) is 17.1. The van der Waals surface area contributed by atoms with Crippen LogP contribution in [0.25, 0.3) is 67.5 Å². The number of rotatable bonds is 5. The van der Waals surface area contributed by atoms with Crippen molar-refractivity contribution in [3.05, 3.63) is 163 Å². The van der Waals surface area contributed by atoms with Crippen molar-refractivity contribution in [1.29, 1.82) is 0 Å². The van der Waals surface area contributed by atoms with E-state index in [9.17, 15) is 0 Å². The van der Waals surface area contributed by atoms with E-state index in [2.05, 4.69) is 127 Å². The lowest BCUT2D eigenvalue weighted by atomic mass is 9.68. The second-order valence-corrected chi connectivity index (χ2v) is 13.1. The predicted octanol–water partition coefficient (Wildman–Crippen LogP) is 11.4. The molecule has 3 heteroatoms. The molecule has 230 valence electrons. The van der Waals surface area contributed by atoms with E-state index in [0.717, 1.165) is 33.4 Å². The smallest absolute Gasteiger partial charge is 0.164 e. The Labute approximate surface area is 282 Å². The van der Waals surface area contributed by atoms with E-state index in [-0.39, 0.29) is 5.41 Å². The van der Waals surface area contributed by atoms with Crippen molar-refractivity contribution in [2.75, 3.05) is 0 Å². The summed E-state index contributed by atoms with van der Waals surface area (Å²) in [5.41, 5.74) is 13.4. The topological polar surface area (TPSA) is 38.7 Å². The predicted molar refractivity (Wildman–Crippen MR) is 196 cm³/mol. The number of aromatic nitrogens is 3. The lowest BCUT2D eigenvalue weighted by molar-refractivity contribution is 0.353. The Kier molecular flexibility index (Phi) is 7.04. The minimum atomic E-state index is 0.143. The molecule has 9 rings (SSSR count). The molecular weight excluding hydrogens is 583 g/mol. The van der Waals surface area contributed by atoms with E-state index in [4.69, 9.17) is 15.0 Å². The third kappa shape index (κ3) is 4.86. The molecule has 1 fully saturated rings. The standard InChI is InChI=1S/C45H35N3/c1-4-15-31(16-5-1)33-19-14-20-35(29-33)43-46-42(32-17-6-2-7-18-32)47-44(48-43)38-23-9-8-21-36(38)34-25-26-41-39(30-34)37-22-10-11-24-40(37)45(41)27-12-3-13-28-45/h1-2,4-11,14-26,29-30H,3,12-13,27-28H2. The summed E-state index contributed by atoms with van der Waals surface area (Å²) < 4.78 is 0. The van der Waals surface area contributed by atoms with Crippen molar-refractivity contribution in [3.8, 4) is 67.5 Å². The van der Waals surface area contributed by atoms with Crippen molar-refractivity contribution in [2.45, 2.75) is 37.5 Å². The highest BCUT2D eigenvalue weighted by molar-refractivity contribution is 5.88. The third-order valence-corrected chi connectivity index (χ3v) is 10.3. The average Bonchev–Trinajstić information content (AvgIpc) is 3.43. The van der Waals surface area contributed by atoms with Crippen LogP contribution in [0.2, 0.25) is 0 Å².